The quantitative estimate of drug-likeness (QED) is 0.364. The number of nitrogens with zero attached hydrogens (tertiary/aromatic N) is 2. The van der Waals surface area contributed by atoms with Gasteiger partial charge in [0.2, 0.25) is 0 Å². The molecule has 2 aromatic carbocycles. The van der Waals surface area contributed by atoms with Gasteiger partial charge in [-0.3, -0.25) is 4.98 Å². The number of benzene rings is 2. The molecule has 166 valence electrons. The van der Waals surface area contributed by atoms with Crippen LogP contribution in [-0.4, -0.2) is 17.0 Å². The maximum Gasteiger partial charge on any atom is 0.126 e. The van der Waals surface area contributed by atoms with Crippen LogP contribution in [0.3, 0.4) is 0 Å². The van der Waals surface area contributed by atoms with Gasteiger partial charge in [-0.15, -0.1) is 0 Å². The monoisotopic (exact) mass is 433 g/mol. The molecule has 0 unspecified atom stereocenters. The summed E-state index contributed by atoms with van der Waals surface area (Å²) < 4.78 is 25.5. The van der Waals surface area contributed by atoms with Crippen LogP contribution in [0.4, 0.5) is 14.6 Å². The average molecular weight is 434 g/mol. The second kappa shape index (κ2) is 12.3. The van der Waals surface area contributed by atoms with E-state index in [0.29, 0.717) is 0 Å². The zero-order chi connectivity index (χ0) is 23.5. The number of rotatable bonds is 3. The Morgan fingerprint density at radius 2 is 1.16 bits per heavy atom. The van der Waals surface area contributed by atoms with Crippen molar-refractivity contribution in [3.8, 4) is 22.5 Å². The fraction of sp³-hybridized carbons (Fsp3) is 0.185. The molecule has 4 aromatic rings. The lowest BCUT2D eigenvalue weighted by atomic mass is 10.1. The van der Waals surface area contributed by atoms with E-state index in [9.17, 15) is 8.78 Å². The summed E-state index contributed by atoms with van der Waals surface area (Å²) in [6.07, 6.45) is 1.76. The van der Waals surface area contributed by atoms with Crippen molar-refractivity contribution >= 4 is 5.82 Å². The molecule has 32 heavy (non-hydrogen) atoms. The second-order valence-electron chi connectivity index (χ2n) is 6.90. The lowest BCUT2D eigenvalue weighted by Gasteiger charge is -2.06. The molecule has 2 aromatic heterocycles. The van der Waals surface area contributed by atoms with Crippen LogP contribution in [0.1, 0.15) is 25.0 Å². The number of halogens is 2. The van der Waals surface area contributed by atoms with E-state index in [0.717, 1.165) is 39.5 Å². The fourth-order valence-corrected chi connectivity index (χ4v) is 2.88. The minimum absolute atomic E-state index is 0.221. The van der Waals surface area contributed by atoms with Gasteiger partial charge in [0.15, 0.2) is 0 Å². The van der Waals surface area contributed by atoms with Gasteiger partial charge < -0.3 is 5.32 Å². The molecule has 0 radical (unpaired) electrons. The number of pyridine rings is 2. The van der Waals surface area contributed by atoms with Gasteiger partial charge in [0.1, 0.15) is 17.5 Å². The fourth-order valence-electron chi connectivity index (χ4n) is 2.88. The van der Waals surface area contributed by atoms with Crippen LogP contribution in [0.5, 0.6) is 0 Å². The highest BCUT2D eigenvalue weighted by Gasteiger charge is 2.02. The van der Waals surface area contributed by atoms with Crippen LogP contribution >= 0.6 is 0 Å². The summed E-state index contributed by atoms with van der Waals surface area (Å²) in [5.41, 5.74) is 5.86. The summed E-state index contributed by atoms with van der Waals surface area (Å²) in [4.78, 5) is 8.64. The standard InChI is InChI=1S/C13H13FN2.C12H10FN.C2H6/c1-9-7-12(16-13(8-9)15-2)10-3-5-11(14)6-4-10;1-9-6-7-14-12(8-9)10-2-4-11(13)5-3-10;1-2/h3-8H,1-2H3,(H,15,16);2-8H,1H3;1-2H3. The van der Waals surface area contributed by atoms with E-state index in [1.54, 1.807) is 30.5 Å². The van der Waals surface area contributed by atoms with Gasteiger partial charge >= 0.3 is 0 Å². The van der Waals surface area contributed by atoms with E-state index in [2.05, 4.69) is 15.3 Å². The van der Waals surface area contributed by atoms with E-state index in [4.69, 9.17) is 0 Å². The van der Waals surface area contributed by atoms with Crippen molar-refractivity contribution in [2.75, 3.05) is 12.4 Å². The van der Waals surface area contributed by atoms with Crippen LogP contribution in [0.2, 0.25) is 0 Å². The van der Waals surface area contributed by atoms with Crippen molar-refractivity contribution in [3.05, 3.63) is 102 Å². The van der Waals surface area contributed by atoms with Crippen molar-refractivity contribution in [3.63, 3.8) is 0 Å². The smallest absolute Gasteiger partial charge is 0.126 e. The number of nitrogens with one attached hydrogen (secondary N) is 1. The predicted molar refractivity (Wildman–Crippen MR) is 130 cm³/mol. The number of hydrogen-bond acceptors (Lipinski definition) is 3. The van der Waals surface area contributed by atoms with E-state index < -0.39 is 0 Å². The van der Waals surface area contributed by atoms with E-state index in [1.165, 1.54) is 24.3 Å². The number of aryl methyl sites for hydroxylation is 2. The lowest BCUT2D eigenvalue weighted by molar-refractivity contribution is 0.627. The highest BCUT2D eigenvalue weighted by atomic mass is 19.1. The lowest BCUT2D eigenvalue weighted by Crippen LogP contribution is -1.95. The van der Waals surface area contributed by atoms with Crippen LogP contribution in [0.15, 0.2) is 79.0 Å². The summed E-state index contributed by atoms with van der Waals surface area (Å²) in [7, 11) is 1.83. The highest BCUT2D eigenvalue weighted by Crippen LogP contribution is 2.21. The van der Waals surface area contributed by atoms with Crippen molar-refractivity contribution in [1.82, 2.24) is 9.97 Å². The molecule has 4 rings (SSSR count). The third-order valence-corrected chi connectivity index (χ3v) is 4.42. The SMILES string of the molecule is CC.CNc1cc(C)cc(-c2ccc(F)cc2)n1.Cc1ccnc(-c2ccc(F)cc2)c1. The van der Waals surface area contributed by atoms with Crippen molar-refractivity contribution in [2.24, 2.45) is 0 Å². The zero-order valence-corrected chi connectivity index (χ0v) is 19.2. The molecule has 0 atom stereocenters. The maximum absolute atomic E-state index is 12.8. The van der Waals surface area contributed by atoms with Gasteiger partial charge in [-0.1, -0.05) is 13.8 Å². The van der Waals surface area contributed by atoms with Crippen molar-refractivity contribution in [2.45, 2.75) is 27.7 Å². The van der Waals surface area contributed by atoms with Gasteiger partial charge in [0, 0.05) is 24.4 Å². The van der Waals surface area contributed by atoms with Gasteiger partial charge in [0.05, 0.1) is 11.4 Å². The molecular weight excluding hydrogens is 404 g/mol. The first-order chi connectivity index (χ1) is 15.4. The first kappa shape index (κ1) is 24.7. The largest absolute Gasteiger partial charge is 0.373 e. The number of aromatic nitrogens is 2. The van der Waals surface area contributed by atoms with E-state index >= 15 is 0 Å². The number of hydrogen-bond donors (Lipinski definition) is 1. The Morgan fingerprint density at radius 3 is 1.66 bits per heavy atom. The molecule has 0 aliphatic heterocycles. The molecule has 1 N–H and O–H groups in total. The van der Waals surface area contributed by atoms with Crippen LogP contribution in [-0.2, 0) is 0 Å². The molecule has 0 amide bonds. The first-order valence-corrected chi connectivity index (χ1v) is 10.6. The summed E-state index contributed by atoms with van der Waals surface area (Å²) in [5, 5.41) is 3.00. The molecule has 0 aliphatic carbocycles. The van der Waals surface area contributed by atoms with Gasteiger partial charge in [-0.05, 0) is 97.8 Å². The predicted octanol–water partition coefficient (Wildman–Crippen LogP) is 7.46. The maximum atomic E-state index is 12.8. The molecule has 0 spiro atoms. The minimum atomic E-state index is -0.231. The Bertz CT molecular complexity index is 1110. The molecule has 3 nitrogen and oxygen atoms in total. The first-order valence-electron chi connectivity index (χ1n) is 10.6. The van der Waals surface area contributed by atoms with Crippen LogP contribution < -0.4 is 5.32 Å². The summed E-state index contributed by atoms with van der Waals surface area (Å²) in [6.45, 7) is 8.02. The van der Waals surface area contributed by atoms with Crippen LogP contribution in [0, 0.1) is 25.5 Å². The Kier molecular flexibility index (Phi) is 9.48. The Labute approximate surface area is 189 Å². The molecule has 0 saturated carbocycles. The van der Waals surface area contributed by atoms with Crippen molar-refractivity contribution < 1.29 is 8.78 Å². The van der Waals surface area contributed by atoms with Gasteiger partial charge in [-0.2, -0.15) is 0 Å². The number of anilines is 1. The topological polar surface area (TPSA) is 37.8 Å². The third-order valence-electron chi connectivity index (χ3n) is 4.42. The normalized spacial score (nSPS) is 9.72. The Hall–Kier alpha value is -3.60. The minimum Gasteiger partial charge on any atom is -0.373 e. The second-order valence-corrected chi connectivity index (χ2v) is 6.90. The molecule has 5 heteroatoms. The molecule has 0 aliphatic rings. The van der Waals surface area contributed by atoms with E-state index in [1.807, 2.05) is 59.0 Å². The van der Waals surface area contributed by atoms with Gasteiger partial charge in [-0.25, -0.2) is 13.8 Å². The van der Waals surface area contributed by atoms with E-state index in [-0.39, 0.29) is 11.6 Å². The average Bonchev–Trinajstić information content (AvgIpc) is 2.81. The van der Waals surface area contributed by atoms with Gasteiger partial charge in [0.25, 0.3) is 0 Å². The molecular formula is C27H29F2N3. The third kappa shape index (κ3) is 7.27. The summed E-state index contributed by atoms with van der Waals surface area (Å²) in [6, 6.07) is 20.6. The molecule has 0 saturated heterocycles. The van der Waals surface area contributed by atoms with Crippen LogP contribution in [0.25, 0.3) is 22.5 Å². The summed E-state index contributed by atoms with van der Waals surface area (Å²) >= 11 is 0. The molecule has 0 fully saturated rings. The highest BCUT2D eigenvalue weighted by molar-refractivity contribution is 5.62. The Morgan fingerprint density at radius 1 is 0.656 bits per heavy atom. The zero-order valence-electron chi connectivity index (χ0n) is 19.2. The summed E-state index contributed by atoms with van der Waals surface area (Å²) in [5.74, 6) is 0.367. The molecule has 2 heterocycles. The van der Waals surface area contributed by atoms with Crippen molar-refractivity contribution in [1.29, 1.82) is 0 Å². The Balaban J connectivity index is 0.000000212. The molecule has 0 bridgehead atoms.